The van der Waals surface area contributed by atoms with Crippen LogP contribution in [0.4, 0.5) is 15.8 Å². The Morgan fingerprint density at radius 3 is 2.42 bits per heavy atom. The van der Waals surface area contributed by atoms with Gasteiger partial charge in [-0.2, -0.15) is 5.26 Å². The molecule has 24 heavy (non-hydrogen) atoms. The quantitative estimate of drug-likeness (QED) is 0.938. The van der Waals surface area contributed by atoms with Gasteiger partial charge in [-0.15, -0.1) is 0 Å². The van der Waals surface area contributed by atoms with Gasteiger partial charge in [0, 0.05) is 51.1 Å². The highest BCUT2D eigenvalue weighted by Crippen LogP contribution is 2.20. The largest absolute Gasteiger partial charge is 0.388 e. The van der Waals surface area contributed by atoms with Crippen LogP contribution in [-0.2, 0) is 6.54 Å². The van der Waals surface area contributed by atoms with Crippen LogP contribution in [0.15, 0.2) is 42.5 Å². The van der Waals surface area contributed by atoms with E-state index in [2.05, 4.69) is 45.5 Å². The summed E-state index contributed by atoms with van der Waals surface area (Å²) < 4.78 is 13.4. The average molecular weight is 324 g/mol. The van der Waals surface area contributed by atoms with Crippen molar-refractivity contribution in [1.29, 1.82) is 5.26 Å². The van der Waals surface area contributed by atoms with E-state index in [1.165, 1.54) is 17.8 Å². The fourth-order valence-electron chi connectivity index (χ4n) is 3.05. The van der Waals surface area contributed by atoms with Gasteiger partial charge < -0.3 is 10.2 Å². The molecule has 2 aromatic rings. The van der Waals surface area contributed by atoms with Gasteiger partial charge in [0.15, 0.2) is 0 Å². The molecule has 1 aliphatic heterocycles. The fourth-order valence-corrected chi connectivity index (χ4v) is 3.05. The van der Waals surface area contributed by atoms with Gasteiger partial charge >= 0.3 is 0 Å². The molecule has 0 saturated carbocycles. The number of nitriles is 1. The van der Waals surface area contributed by atoms with Gasteiger partial charge in [-0.05, 0) is 48.0 Å². The first-order valence-electron chi connectivity index (χ1n) is 8.13. The van der Waals surface area contributed by atoms with E-state index >= 15 is 0 Å². The number of anilines is 2. The fraction of sp³-hybridized carbons (Fsp3) is 0.316. The van der Waals surface area contributed by atoms with Crippen molar-refractivity contribution in [3.05, 3.63) is 59.4 Å². The summed E-state index contributed by atoms with van der Waals surface area (Å²) in [5, 5.41) is 12.3. The van der Waals surface area contributed by atoms with Gasteiger partial charge in [0.2, 0.25) is 0 Å². The second-order valence-electron chi connectivity index (χ2n) is 5.97. The molecule has 0 bridgehead atoms. The van der Waals surface area contributed by atoms with Crippen molar-refractivity contribution in [2.45, 2.75) is 6.54 Å². The molecule has 1 N–H and O–H groups in total. The second kappa shape index (κ2) is 7.33. The van der Waals surface area contributed by atoms with Crippen molar-refractivity contribution in [3.8, 4) is 6.07 Å². The summed E-state index contributed by atoms with van der Waals surface area (Å²) in [6.45, 7) is 4.27. The van der Waals surface area contributed by atoms with Crippen molar-refractivity contribution in [2.24, 2.45) is 0 Å². The predicted molar refractivity (Wildman–Crippen MR) is 94.6 cm³/mol. The second-order valence-corrected chi connectivity index (χ2v) is 5.97. The Kier molecular flexibility index (Phi) is 4.97. The molecule has 0 aliphatic carbocycles. The SMILES string of the molecule is CNc1ccc(N2CCN(Cc3cc(F)ccc3C#N)CC2)cc1. The first-order chi connectivity index (χ1) is 11.7. The maximum atomic E-state index is 13.4. The first kappa shape index (κ1) is 16.3. The molecular formula is C19H21FN4. The molecule has 0 unspecified atom stereocenters. The van der Waals surface area contributed by atoms with Crippen LogP contribution in [0.1, 0.15) is 11.1 Å². The van der Waals surface area contributed by atoms with E-state index in [9.17, 15) is 4.39 Å². The molecule has 4 nitrogen and oxygen atoms in total. The lowest BCUT2D eigenvalue weighted by Gasteiger charge is -2.36. The lowest BCUT2D eigenvalue weighted by Crippen LogP contribution is -2.46. The smallest absolute Gasteiger partial charge is 0.123 e. The highest BCUT2D eigenvalue weighted by Gasteiger charge is 2.18. The van der Waals surface area contributed by atoms with Gasteiger partial charge in [0.05, 0.1) is 11.6 Å². The molecule has 1 saturated heterocycles. The molecule has 5 heteroatoms. The standard InChI is InChI=1S/C19H21FN4/c1-22-18-4-6-19(7-5-18)24-10-8-23(9-11-24)14-16-12-17(20)3-2-15(16)13-21/h2-7,12,22H,8-11,14H2,1H3. The number of benzene rings is 2. The van der Waals surface area contributed by atoms with E-state index in [0.717, 1.165) is 37.4 Å². The number of hydrogen-bond donors (Lipinski definition) is 1. The summed E-state index contributed by atoms with van der Waals surface area (Å²) in [6.07, 6.45) is 0. The zero-order valence-electron chi connectivity index (χ0n) is 13.8. The molecule has 1 fully saturated rings. The summed E-state index contributed by atoms with van der Waals surface area (Å²) in [6, 6.07) is 14.9. The third kappa shape index (κ3) is 3.66. The Balaban J connectivity index is 1.61. The van der Waals surface area contributed by atoms with E-state index in [1.807, 2.05) is 7.05 Å². The van der Waals surface area contributed by atoms with E-state index in [0.29, 0.717) is 12.1 Å². The monoisotopic (exact) mass is 324 g/mol. The number of rotatable bonds is 4. The van der Waals surface area contributed by atoms with Crippen molar-refractivity contribution in [2.75, 3.05) is 43.4 Å². The molecule has 0 radical (unpaired) electrons. The molecule has 0 atom stereocenters. The topological polar surface area (TPSA) is 42.3 Å². The Hall–Kier alpha value is -2.58. The number of halogens is 1. The molecule has 2 aromatic carbocycles. The van der Waals surface area contributed by atoms with Crippen LogP contribution in [0, 0.1) is 17.1 Å². The molecular weight excluding hydrogens is 303 g/mol. The van der Waals surface area contributed by atoms with E-state index < -0.39 is 0 Å². The Labute approximate surface area is 142 Å². The molecule has 124 valence electrons. The molecule has 1 heterocycles. The summed E-state index contributed by atoms with van der Waals surface area (Å²) in [5.74, 6) is -0.285. The maximum absolute atomic E-state index is 13.4. The third-order valence-electron chi connectivity index (χ3n) is 4.48. The summed E-state index contributed by atoms with van der Waals surface area (Å²) >= 11 is 0. The van der Waals surface area contributed by atoms with E-state index in [-0.39, 0.29) is 5.82 Å². The summed E-state index contributed by atoms with van der Waals surface area (Å²) in [4.78, 5) is 4.63. The normalized spacial score (nSPS) is 15.1. The lowest BCUT2D eigenvalue weighted by atomic mass is 10.1. The lowest BCUT2D eigenvalue weighted by molar-refractivity contribution is 0.249. The summed E-state index contributed by atoms with van der Waals surface area (Å²) in [7, 11) is 1.91. The third-order valence-corrected chi connectivity index (χ3v) is 4.48. The minimum atomic E-state index is -0.285. The number of nitrogens with one attached hydrogen (secondary N) is 1. The van der Waals surface area contributed by atoms with Crippen LogP contribution in [0.25, 0.3) is 0 Å². The highest BCUT2D eigenvalue weighted by atomic mass is 19.1. The Morgan fingerprint density at radius 2 is 1.79 bits per heavy atom. The van der Waals surface area contributed by atoms with Crippen molar-refractivity contribution < 1.29 is 4.39 Å². The molecule has 0 spiro atoms. The Bertz CT molecular complexity index is 728. The molecule has 0 aromatic heterocycles. The van der Waals surface area contributed by atoms with Crippen LogP contribution in [0.5, 0.6) is 0 Å². The minimum Gasteiger partial charge on any atom is -0.388 e. The van der Waals surface area contributed by atoms with Crippen LogP contribution in [-0.4, -0.2) is 38.1 Å². The number of nitrogens with zero attached hydrogens (tertiary/aromatic N) is 3. The zero-order chi connectivity index (χ0) is 16.9. The van der Waals surface area contributed by atoms with Gasteiger partial charge in [0.1, 0.15) is 5.82 Å². The maximum Gasteiger partial charge on any atom is 0.123 e. The summed E-state index contributed by atoms with van der Waals surface area (Å²) in [5.41, 5.74) is 3.65. The molecule has 0 amide bonds. The van der Waals surface area contributed by atoms with Gasteiger partial charge in [0.25, 0.3) is 0 Å². The van der Waals surface area contributed by atoms with E-state index in [1.54, 1.807) is 6.07 Å². The van der Waals surface area contributed by atoms with E-state index in [4.69, 9.17) is 5.26 Å². The van der Waals surface area contributed by atoms with Crippen LogP contribution < -0.4 is 10.2 Å². The van der Waals surface area contributed by atoms with Crippen LogP contribution in [0.3, 0.4) is 0 Å². The predicted octanol–water partition coefficient (Wildman–Crippen LogP) is 3.06. The molecule has 3 rings (SSSR count). The Morgan fingerprint density at radius 1 is 1.08 bits per heavy atom. The van der Waals surface area contributed by atoms with Gasteiger partial charge in [-0.3, -0.25) is 4.90 Å². The van der Waals surface area contributed by atoms with Crippen molar-refractivity contribution in [1.82, 2.24) is 4.90 Å². The number of hydrogen-bond acceptors (Lipinski definition) is 4. The highest BCUT2D eigenvalue weighted by molar-refractivity contribution is 5.55. The van der Waals surface area contributed by atoms with Crippen molar-refractivity contribution >= 4 is 11.4 Å². The molecule has 1 aliphatic rings. The van der Waals surface area contributed by atoms with Crippen LogP contribution >= 0.6 is 0 Å². The average Bonchev–Trinajstić information content (AvgIpc) is 2.63. The van der Waals surface area contributed by atoms with Gasteiger partial charge in [-0.1, -0.05) is 0 Å². The van der Waals surface area contributed by atoms with Crippen molar-refractivity contribution in [3.63, 3.8) is 0 Å². The minimum absolute atomic E-state index is 0.285. The first-order valence-corrected chi connectivity index (χ1v) is 8.13. The number of piperazine rings is 1. The van der Waals surface area contributed by atoms with Crippen LogP contribution in [0.2, 0.25) is 0 Å². The van der Waals surface area contributed by atoms with Gasteiger partial charge in [-0.25, -0.2) is 4.39 Å². The zero-order valence-corrected chi connectivity index (χ0v) is 13.8.